The van der Waals surface area contributed by atoms with Crippen LogP contribution in [0.15, 0.2) is 24.3 Å². The molecule has 1 heterocycles. The Morgan fingerprint density at radius 3 is 2.20 bits per heavy atom. The van der Waals surface area contributed by atoms with Crippen LogP contribution in [0, 0.1) is 5.41 Å². The maximum Gasteiger partial charge on any atom is 0.229 e. The lowest BCUT2D eigenvalue weighted by atomic mass is 9.95. The molecule has 4 nitrogen and oxygen atoms in total. The number of hydrogen-bond donors (Lipinski definition) is 1. The average Bonchev–Trinajstić information content (AvgIpc) is 3.14. The van der Waals surface area contributed by atoms with Crippen molar-refractivity contribution in [3.05, 3.63) is 24.3 Å². The highest BCUT2D eigenvalue weighted by atomic mass is 16.6. The lowest BCUT2D eigenvalue weighted by molar-refractivity contribution is -0.123. The summed E-state index contributed by atoms with van der Waals surface area (Å²) in [5, 5.41) is 2.89. The van der Waals surface area contributed by atoms with E-state index in [-0.39, 0.29) is 17.6 Å². The van der Waals surface area contributed by atoms with Gasteiger partial charge in [-0.1, -0.05) is 20.8 Å². The Balaban J connectivity index is 1.98. The van der Waals surface area contributed by atoms with Crippen LogP contribution in [0.25, 0.3) is 0 Å². The highest BCUT2D eigenvalue weighted by molar-refractivity contribution is 5.94. The Morgan fingerprint density at radius 2 is 1.75 bits per heavy atom. The molecular formula is C16H23NO3. The molecule has 1 unspecified atom stereocenters. The summed E-state index contributed by atoms with van der Waals surface area (Å²) < 4.78 is 11.2. The van der Waals surface area contributed by atoms with Gasteiger partial charge in [-0.15, -0.1) is 0 Å². The van der Waals surface area contributed by atoms with Crippen molar-refractivity contribution in [3.63, 3.8) is 0 Å². The van der Waals surface area contributed by atoms with E-state index in [1.165, 1.54) is 0 Å². The Morgan fingerprint density at radius 1 is 1.20 bits per heavy atom. The van der Waals surface area contributed by atoms with Gasteiger partial charge in [0.2, 0.25) is 5.91 Å². The molecule has 0 spiro atoms. The molecule has 1 fully saturated rings. The largest absolute Gasteiger partial charge is 0.485 e. The SMILES string of the molecule is CC(C)(C)C(=O)Nc1ccc(OC(C)(C)C2CO2)cc1. The lowest BCUT2D eigenvalue weighted by Gasteiger charge is -2.24. The highest BCUT2D eigenvalue weighted by Gasteiger charge is 2.41. The van der Waals surface area contributed by atoms with Gasteiger partial charge in [-0.05, 0) is 38.1 Å². The van der Waals surface area contributed by atoms with Crippen LogP contribution in [0.4, 0.5) is 5.69 Å². The quantitative estimate of drug-likeness (QED) is 0.860. The van der Waals surface area contributed by atoms with Crippen LogP contribution in [0.5, 0.6) is 5.75 Å². The second-order valence-corrected chi connectivity index (χ2v) is 6.76. The number of carbonyl (C=O) groups excluding carboxylic acids is 1. The molecular weight excluding hydrogens is 254 g/mol. The molecule has 0 radical (unpaired) electrons. The molecule has 20 heavy (non-hydrogen) atoms. The molecule has 0 bridgehead atoms. The molecule has 1 amide bonds. The molecule has 1 aliphatic rings. The predicted octanol–water partition coefficient (Wildman–Crippen LogP) is 3.23. The first-order valence-electron chi connectivity index (χ1n) is 6.91. The van der Waals surface area contributed by atoms with Gasteiger partial charge in [0.1, 0.15) is 17.5 Å². The van der Waals surface area contributed by atoms with Gasteiger partial charge < -0.3 is 14.8 Å². The maximum absolute atomic E-state index is 11.9. The summed E-state index contributed by atoms with van der Waals surface area (Å²) in [5.41, 5.74) is 0.0502. The minimum atomic E-state index is -0.402. The molecule has 1 atom stereocenters. The van der Waals surface area contributed by atoms with Crippen molar-refractivity contribution >= 4 is 11.6 Å². The molecule has 0 aromatic heterocycles. The average molecular weight is 277 g/mol. The third kappa shape index (κ3) is 3.73. The van der Waals surface area contributed by atoms with E-state index in [2.05, 4.69) is 5.32 Å². The third-order valence-corrected chi connectivity index (χ3v) is 3.28. The van der Waals surface area contributed by atoms with Gasteiger partial charge in [-0.25, -0.2) is 0 Å². The smallest absolute Gasteiger partial charge is 0.229 e. The van der Waals surface area contributed by atoms with Crippen LogP contribution in [0.1, 0.15) is 34.6 Å². The first kappa shape index (κ1) is 14.9. The second kappa shape index (κ2) is 5.09. The van der Waals surface area contributed by atoms with Crippen LogP contribution < -0.4 is 10.1 Å². The molecule has 1 saturated heterocycles. The van der Waals surface area contributed by atoms with Crippen LogP contribution in [0.3, 0.4) is 0 Å². The van der Waals surface area contributed by atoms with Gasteiger partial charge in [0.05, 0.1) is 6.61 Å². The third-order valence-electron chi connectivity index (χ3n) is 3.28. The monoisotopic (exact) mass is 277 g/mol. The molecule has 0 saturated carbocycles. The lowest BCUT2D eigenvalue weighted by Crippen LogP contribution is -2.34. The van der Waals surface area contributed by atoms with Crippen molar-refractivity contribution in [2.75, 3.05) is 11.9 Å². The number of carbonyl (C=O) groups is 1. The van der Waals surface area contributed by atoms with E-state index in [0.29, 0.717) is 0 Å². The summed E-state index contributed by atoms with van der Waals surface area (Å²) in [5.74, 6) is 0.775. The Kier molecular flexibility index (Phi) is 3.78. The van der Waals surface area contributed by atoms with Crippen LogP contribution in [-0.2, 0) is 9.53 Å². The zero-order chi connectivity index (χ0) is 15.0. The number of nitrogens with one attached hydrogen (secondary N) is 1. The molecule has 1 aromatic rings. The zero-order valence-corrected chi connectivity index (χ0v) is 12.8. The van der Waals surface area contributed by atoms with Gasteiger partial charge in [0.15, 0.2) is 0 Å². The standard InChI is InChI=1S/C16H23NO3/c1-15(2,3)14(18)17-11-6-8-12(9-7-11)20-16(4,5)13-10-19-13/h6-9,13H,10H2,1-5H3,(H,17,18). The van der Waals surface area contributed by atoms with E-state index < -0.39 is 5.41 Å². The van der Waals surface area contributed by atoms with E-state index in [1.807, 2.05) is 58.9 Å². The van der Waals surface area contributed by atoms with Crippen molar-refractivity contribution in [1.82, 2.24) is 0 Å². The predicted molar refractivity (Wildman–Crippen MR) is 79.0 cm³/mol. The van der Waals surface area contributed by atoms with Crippen LogP contribution >= 0.6 is 0 Å². The topological polar surface area (TPSA) is 50.9 Å². The summed E-state index contributed by atoms with van der Waals surface area (Å²) in [6.07, 6.45) is 0.169. The molecule has 110 valence electrons. The molecule has 1 aromatic carbocycles. The van der Waals surface area contributed by atoms with Gasteiger partial charge in [-0.2, -0.15) is 0 Å². The van der Waals surface area contributed by atoms with Gasteiger partial charge in [0.25, 0.3) is 0 Å². The zero-order valence-electron chi connectivity index (χ0n) is 12.8. The van der Waals surface area contributed by atoms with E-state index >= 15 is 0 Å². The Hall–Kier alpha value is -1.55. The van der Waals surface area contributed by atoms with E-state index in [9.17, 15) is 4.79 Å². The fourth-order valence-corrected chi connectivity index (χ4v) is 1.74. The van der Waals surface area contributed by atoms with Crippen molar-refractivity contribution < 1.29 is 14.3 Å². The summed E-state index contributed by atoms with van der Waals surface area (Å²) in [6.45, 7) is 10.4. The molecule has 1 N–H and O–H groups in total. The molecule has 1 aliphatic heterocycles. The van der Waals surface area contributed by atoms with Crippen LogP contribution in [-0.4, -0.2) is 24.2 Å². The summed E-state index contributed by atoms with van der Waals surface area (Å²) in [7, 11) is 0. The van der Waals surface area contributed by atoms with Crippen molar-refractivity contribution in [3.8, 4) is 5.75 Å². The number of anilines is 1. The Bertz CT molecular complexity index is 481. The number of ether oxygens (including phenoxy) is 2. The molecule has 4 heteroatoms. The molecule has 0 aliphatic carbocycles. The fourth-order valence-electron chi connectivity index (χ4n) is 1.74. The summed E-state index contributed by atoms with van der Waals surface area (Å²) in [6, 6.07) is 7.43. The highest BCUT2D eigenvalue weighted by Crippen LogP contribution is 2.30. The van der Waals surface area contributed by atoms with Crippen molar-refractivity contribution in [1.29, 1.82) is 0 Å². The van der Waals surface area contributed by atoms with E-state index in [1.54, 1.807) is 0 Å². The summed E-state index contributed by atoms with van der Waals surface area (Å²) in [4.78, 5) is 11.9. The minimum absolute atomic E-state index is 0.00196. The molecule has 2 rings (SSSR count). The van der Waals surface area contributed by atoms with E-state index in [0.717, 1.165) is 18.0 Å². The summed E-state index contributed by atoms with van der Waals surface area (Å²) >= 11 is 0. The first-order valence-corrected chi connectivity index (χ1v) is 6.91. The van der Waals surface area contributed by atoms with Gasteiger partial charge in [-0.3, -0.25) is 4.79 Å². The minimum Gasteiger partial charge on any atom is -0.485 e. The van der Waals surface area contributed by atoms with Crippen molar-refractivity contribution in [2.45, 2.75) is 46.3 Å². The number of epoxide rings is 1. The fraction of sp³-hybridized carbons (Fsp3) is 0.562. The van der Waals surface area contributed by atoms with Gasteiger partial charge >= 0.3 is 0 Å². The normalized spacial score (nSPS) is 18.6. The van der Waals surface area contributed by atoms with Crippen LogP contribution in [0.2, 0.25) is 0 Å². The second-order valence-electron chi connectivity index (χ2n) is 6.76. The van der Waals surface area contributed by atoms with Gasteiger partial charge in [0, 0.05) is 11.1 Å². The number of benzene rings is 1. The first-order chi connectivity index (χ1) is 9.18. The van der Waals surface area contributed by atoms with Crippen molar-refractivity contribution in [2.24, 2.45) is 5.41 Å². The van der Waals surface area contributed by atoms with E-state index in [4.69, 9.17) is 9.47 Å². The number of amides is 1. The maximum atomic E-state index is 11.9. The Labute approximate surface area is 120 Å². The number of hydrogen-bond acceptors (Lipinski definition) is 3. The number of rotatable bonds is 4.